The molecular weight excluding hydrogens is 212 g/mol. The van der Waals surface area contributed by atoms with E-state index in [4.69, 9.17) is 4.74 Å². The van der Waals surface area contributed by atoms with Crippen LogP contribution < -0.4 is 0 Å². The molecule has 0 bridgehead atoms. The van der Waals surface area contributed by atoms with E-state index in [9.17, 15) is 4.79 Å². The van der Waals surface area contributed by atoms with Crippen molar-refractivity contribution in [2.45, 2.75) is 53.4 Å². The van der Waals surface area contributed by atoms with Gasteiger partial charge in [0.1, 0.15) is 0 Å². The molecule has 1 aliphatic carbocycles. The van der Waals surface area contributed by atoms with Gasteiger partial charge in [-0.2, -0.15) is 0 Å². The lowest BCUT2D eigenvalue weighted by Gasteiger charge is -2.38. The van der Waals surface area contributed by atoms with Crippen molar-refractivity contribution in [1.82, 2.24) is 0 Å². The maximum absolute atomic E-state index is 11.5. The molecule has 0 unspecified atom stereocenters. The summed E-state index contributed by atoms with van der Waals surface area (Å²) in [5, 5.41) is 0. The molecule has 98 valence electrons. The van der Waals surface area contributed by atoms with Crippen molar-refractivity contribution in [1.29, 1.82) is 0 Å². The molecule has 0 aliphatic heterocycles. The summed E-state index contributed by atoms with van der Waals surface area (Å²) >= 11 is 0. The number of esters is 1. The summed E-state index contributed by atoms with van der Waals surface area (Å²) in [6, 6.07) is 0. The Bertz CT molecular complexity index is 286. The molecule has 17 heavy (non-hydrogen) atoms. The number of ether oxygens (including phenoxy) is 1. The van der Waals surface area contributed by atoms with Crippen LogP contribution in [-0.2, 0) is 9.53 Å². The summed E-state index contributed by atoms with van der Waals surface area (Å²) in [5.74, 6) is 0.967. The first-order valence-corrected chi connectivity index (χ1v) is 6.68. The third kappa shape index (κ3) is 4.18. The molecule has 2 nitrogen and oxygen atoms in total. The first kappa shape index (κ1) is 14.3. The van der Waals surface area contributed by atoms with E-state index < -0.39 is 0 Å². The molecule has 0 aromatic carbocycles. The lowest BCUT2D eigenvalue weighted by molar-refractivity contribution is -0.144. The minimum Gasteiger partial charge on any atom is -0.466 e. The molecule has 1 rings (SSSR count). The molecule has 0 heterocycles. The van der Waals surface area contributed by atoms with E-state index in [-0.39, 0.29) is 5.97 Å². The molecule has 0 radical (unpaired) electrons. The SMILES string of the molecule is C=C1C[C@@H](C(C)(C)C)CC[C@@H]1CC(=O)OCC. The van der Waals surface area contributed by atoms with Gasteiger partial charge >= 0.3 is 5.97 Å². The van der Waals surface area contributed by atoms with Gasteiger partial charge < -0.3 is 4.74 Å². The Labute approximate surface area is 105 Å². The van der Waals surface area contributed by atoms with Gasteiger partial charge in [-0.3, -0.25) is 4.79 Å². The lowest BCUT2D eigenvalue weighted by Crippen LogP contribution is -2.28. The van der Waals surface area contributed by atoms with E-state index in [1.54, 1.807) is 0 Å². The standard InChI is InChI=1S/C15H26O2/c1-6-17-14(16)10-12-7-8-13(9-11(12)2)15(3,4)5/h12-13H,2,6-10H2,1,3-5H3/t12-,13+/m1/s1. The molecule has 0 N–H and O–H groups in total. The molecular formula is C15H26O2. The van der Waals surface area contributed by atoms with Gasteiger partial charge in [-0.25, -0.2) is 0 Å². The van der Waals surface area contributed by atoms with Gasteiger partial charge in [0.15, 0.2) is 0 Å². The van der Waals surface area contributed by atoms with Crippen LogP contribution in [0.3, 0.4) is 0 Å². The van der Waals surface area contributed by atoms with Crippen LogP contribution in [0.25, 0.3) is 0 Å². The van der Waals surface area contributed by atoms with E-state index >= 15 is 0 Å². The number of allylic oxidation sites excluding steroid dienone is 1. The van der Waals surface area contributed by atoms with Crippen LogP contribution in [0.1, 0.15) is 53.4 Å². The molecule has 0 spiro atoms. The third-order valence-corrected chi connectivity index (χ3v) is 3.89. The number of hydrogen-bond acceptors (Lipinski definition) is 2. The number of hydrogen-bond donors (Lipinski definition) is 0. The van der Waals surface area contributed by atoms with Crippen LogP contribution >= 0.6 is 0 Å². The predicted molar refractivity (Wildman–Crippen MR) is 70.7 cm³/mol. The summed E-state index contributed by atoms with van der Waals surface area (Å²) in [7, 11) is 0. The van der Waals surface area contributed by atoms with E-state index in [0.717, 1.165) is 12.8 Å². The number of carbonyl (C=O) groups excluding carboxylic acids is 1. The van der Waals surface area contributed by atoms with Gasteiger partial charge in [0, 0.05) is 0 Å². The quantitative estimate of drug-likeness (QED) is 0.549. The minimum absolute atomic E-state index is 0.0761. The maximum Gasteiger partial charge on any atom is 0.306 e. The molecule has 1 fully saturated rings. The van der Waals surface area contributed by atoms with Crippen molar-refractivity contribution in [3.05, 3.63) is 12.2 Å². The largest absolute Gasteiger partial charge is 0.466 e. The van der Waals surface area contributed by atoms with Crippen LogP contribution in [-0.4, -0.2) is 12.6 Å². The Hall–Kier alpha value is -0.790. The normalized spacial score (nSPS) is 25.8. The van der Waals surface area contributed by atoms with Crippen LogP contribution in [0, 0.1) is 17.3 Å². The van der Waals surface area contributed by atoms with Gasteiger partial charge in [-0.05, 0) is 43.4 Å². The van der Waals surface area contributed by atoms with Crippen molar-refractivity contribution in [2.75, 3.05) is 6.61 Å². The average Bonchev–Trinajstić information content (AvgIpc) is 2.20. The molecule has 0 amide bonds. The van der Waals surface area contributed by atoms with Gasteiger partial charge in [0.25, 0.3) is 0 Å². The molecule has 2 heteroatoms. The monoisotopic (exact) mass is 238 g/mol. The highest BCUT2D eigenvalue weighted by Crippen LogP contribution is 2.42. The first-order chi connectivity index (χ1) is 7.84. The zero-order valence-electron chi connectivity index (χ0n) is 11.7. The van der Waals surface area contributed by atoms with Crippen LogP contribution in [0.5, 0.6) is 0 Å². The fraction of sp³-hybridized carbons (Fsp3) is 0.800. The van der Waals surface area contributed by atoms with Gasteiger partial charge in [-0.15, -0.1) is 0 Å². The Balaban J connectivity index is 2.49. The van der Waals surface area contributed by atoms with E-state index in [1.165, 1.54) is 12.0 Å². The van der Waals surface area contributed by atoms with Gasteiger partial charge in [0.05, 0.1) is 13.0 Å². The average molecular weight is 238 g/mol. The molecule has 0 aromatic rings. The highest BCUT2D eigenvalue weighted by atomic mass is 16.5. The van der Waals surface area contributed by atoms with E-state index in [0.29, 0.717) is 30.3 Å². The zero-order chi connectivity index (χ0) is 13.1. The predicted octanol–water partition coefficient (Wildman–Crippen LogP) is 3.96. The number of rotatable bonds is 3. The van der Waals surface area contributed by atoms with Crippen LogP contribution in [0.2, 0.25) is 0 Å². The fourth-order valence-electron chi connectivity index (χ4n) is 2.60. The van der Waals surface area contributed by atoms with Crippen molar-refractivity contribution in [2.24, 2.45) is 17.3 Å². The Morgan fingerprint density at radius 2 is 2.06 bits per heavy atom. The minimum atomic E-state index is -0.0761. The van der Waals surface area contributed by atoms with Crippen LogP contribution in [0.15, 0.2) is 12.2 Å². The molecule has 1 aliphatic rings. The van der Waals surface area contributed by atoms with Crippen LogP contribution in [0.4, 0.5) is 0 Å². The molecule has 1 saturated carbocycles. The summed E-state index contributed by atoms with van der Waals surface area (Å²) in [5.41, 5.74) is 1.59. The summed E-state index contributed by atoms with van der Waals surface area (Å²) in [4.78, 5) is 11.5. The molecule has 0 aromatic heterocycles. The van der Waals surface area contributed by atoms with E-state index in [1.807, 2.05) is 6.92 Å². The zero-order valence-corrected chi connectivity index (χ0v) is 11.7. The van der Waals surface area contributed by atoms with Crippen molar-refractivity contribution in [3.8, 4) is 0 Å². The fourth-order valence-corrected chi connectivity index (χ4v) is 2.60. The summed E-state index contributed by atoms with van der Waals surface area (Å²) in [6.45, 7) is 13.4. The van der Waals surface area contributed by atoms with Gasteiger partial charge in [0.2, 0.25) is 0 Å². The smallest absolute Gasteiger partial charge is 0.306 e. The topological polar surface area (TPSA) is 26.3 Å². The second-order valence-corrected chi connectivity index (χ2v) is 6.21. The Morgan fingerprint density at radius 3 is 2.53 bits per heavy atom. The Kier molecular flexibility index (Phi) is 4.79. The first-order valence-electron chi connectivity index (χ1n) is 6.68. The van der Waals surface area contributed by atoms with E-state index in [2.05, 4.69) is 27.4 Å². The summed E-state index contributed by atoms with van der Waals surface area (Å²) in [6.07, 6.45) is 3.86. The lowest BCUT2D eigenvalue weighted by atomic mass is 9.67. The van der Waals surface area contributed by atoms with Crippen molar-refractivity contribution >= 4 is 5.97 Å². The molecule has 2 atom stereocenters. The number of carbonyl (C=O) groups is 1. The third-order valence-electron chi connectivity index (χ3n) is 3.89. The maximum atomic E-state index is 11.5. The van der Waals surface area contributed by atoms with Crippen molar-refractivity contribution in [3.63, 3.8) is 0 Å². The highest BCUT2D eigenvalue weighted by Gasteiger charge is 2.32. The van der Waals surface area contributed by atoms with Crippen molar-refractivity contribution < 1.29 is 9.53 Å². The Morgan fingerprint density at radius 1 is 1.41 bits per heavy atom. The second kappa shape index (κ2) is 5.70. The highest BCUT2D eigenvalue weighted by molar-refractivity contribution is 5.70. The summed E-state index contributed by atoms with van der Waals surface area (Å²) < 4.78 is 5.01. The molecule has 0 saturated heterocycles. The van der Waals surface area contributed by atoms with Gasteiger partial charge in [-0.1, -0.05) is 32.9 Å². The second-order valence-electron chi connectivity index (χ2n) is 6.21.